The first-order valence-corrected chi connectivity index (χ1v) is 5.89. The van der Waals surface area contributed by atoms with Gasteiger partial charge in [-0.2, -0.15) is 0 Å². The zero-order valence-electron chi connectivity index (χ0n) is 10.2. The molecule has 2 rings (SSSR count). The lowest BCUT2D eigenvalue weighted by Gasteiger charge is -2.10. The SMILES string of the molecule is CCc1cccc(Oc2ccc(F)cc2CO)c1. The predicted molar refractivity (Wildman–Crippen MR) is 68.2 cm³/mol. The van der Waals surface area contributed by atoms with E-state index in [-0.39, 0.29) is 12.4 Å². The molecule has 18 heavy (non-hydrogen) atoms. The Kier molecular flexibility index (Phi) is 3.95. The van der Waals surface area contributed by atoms with Gasteiger partial charge in [-0.1, -0.05) is 19.1 Å². The van der Waals surface area contributed by atoms with Crippen LogP contribution in [0.4, 0.5) is 4.39 Å². The second-order valence-electron chi connectivity index (χ2n) is 4.01. The van der Waals surface area contributed by atoms with Crippen LogP contribution in [0.3, 0.4) is 0 Å². The molecule has 0 bridgehead atoms. The summed E-state index contributed by atoms with van der Waals surface area (Å²) in [5, 5.41) is 9.17. The first-order chi connectivity index (χ1) is 8.72. The van der Waals surface area contributed by atoms with Crippen molar-refractivity contribution in [3.05, 3.63) is 59.4 Å². The molecule has 0 heterocycles. The van der Waals surface area contributed by atoms with Crippen molar-refractivity contribution in [2.75, 3.05) is 0 Å². The summed E-state index contributed by atoms with van der Waals surface area (Å²) >= 11 is 0. The Labute approximate surface area is 106 Å². The van der Waals surface area contributed by atoms with Crippen molar-refractivity contribution in [1.82, 2.24) is 0 Å². The molecule has 0 saturated carbocycles. The molecule has 1 N–H and O–H groups in total. The fourth-order valence-corrected chi connectivity index (χ4v) is 1.73. The Balaban J connectivity index is 2.27. The van der Waals surface area contributed by atoms with Gasteiger partial charge in [0.15, 0.2) is 0 Å². The van der Waals surface area contributed by atoms with E-state index >= 15 is 0 Å². The topological polar surface area (TPSA) is 29.5 Å². The molecule has 0 aliphatic carbocycles. The molecule has 0 saturated heterocycles. The fraction of sp³-hybridized carbons (Fsp3) is 0.200. The molecule has 0 aliphatic heterocycles. The maximum atomic E-state index is 13.0. The van der Waals surface area contributed by atoms with Crippen LogP contribution in [-0.2, 0) is 13.0 Å². The fourth-order valence-electron chi connectivity index (χ4n) is 1.73. The van der Waals surface area contributed by atoms with E-state index < -0.39 is 0 Å². The largest absolute Gasteiger partial charge is 0.457 e. The first kappa shape index (κ1) is 12.6. The van der Waals surface area contributed by atoms with Gasteiger partial charge in [-0.25, -0.2) is 4.39 Å². The minimum absolute atomic E-state index is 0.249. The molecule has 0 radical (unpaired) electrons. The smallest absolute Gasteiger partial charge is 0.133 e. The molecule has 0 fully saturated rings. The molecule has 2 nitrogen and oxygen atoms in total. The third kappa shape index (κ3) is 2.87. The van der Waals surface area contributed by atoms with Crippen molar-refractivity contribution in [2.45, 2.75) is 20.0 Å². The van der Waals surface area contributed by atoms with Gasteiger partial charge in [-0.15, -0.1) is 0 Å². The number of aliphatic hydroxyl groups is 1. The van der Waals surface area contributed by atoms with Crippen LogP contribution in [0.25, 0.3) is 0 Å². The molecule has 94 valence electrons. The minimum Gasteiger partial charge on any atom is -0.457 e. The second-order valence-corrected chi connectivity index (χ2v) is 4.01. The summed E-state index contributed by atoms with van der Waals surface area (Å²) < 4.78 is 18.7. The van der Waals surface area contributed by atoms with Crippen LogP contribution in [0.15, 0.2) is 42.5 Å². The number of ether oxygens (including phenoxy) is 1. The van der Waals surface area contributed by atoms with Crippen molar-refractivity contribution in [3.8, 4) is 11.5 Å². The lowest BCUT2D eigenvalue weighted by Crippen LogP contribution is -1.93. The van der Waals surface area contributed by atoms with Gasteiger partial charge in [0.2, 0.25) is 0 Å². The monoisotopic (exact) mass is 246 g/mol. The van der Waals surface area contributed by atoms with Gasteiger partial charge in [-0.3, -0.25) is 0 Å². The highest BCUT2D eigenvalue weighted by atomic mass is 19.1. The molecule has 2 aromatic rings. The van der Waals surface area contributed by atoms with Crippen LogP contribution < -0.4 is 4.74 Å². The number of hydrogen-bond donors (Lipinski definition) is 1. The highest BCUT2D eigenvalue weighted by Gasteiger charge is 2.06. The zero-order valence-corrected chi connectivity index (χ0v) is 10.2. The van der Waals surface area contributed by atoms with Crippen LogP contribution >= 0.6 is 0 Å². The van der Waals surface area contributed by atoms with Gasteiger partial charge in [0.05, 0.1) is 6.61 Å². The summed E-state index contributed by atoms with van der Waals surface area (Å²) in [6, 6.07) is 11.8. The van der Waals surface area contributed by atoms with Crippen LogP contribution in [0.5, 0.6) is 11.5 Å². The van der Waals surface area contributed by atoms with Gasteiger partial charge >= 0.3 is 0 Å². The molecule has 2 aromatic carbocycles. The molecule has 0 aliphatic rings. The molecule has 3 heteroatoms. The predicted octanol–water partition coefficient (Wildman–Crippen LogP) is 3.67. The third-order valence-electron chi connectivity index (χ3n) is 2.73. The van der Waals surface area contributed by atoms with E-state index in [1.165, 1.54) is 23.8 Å². The number of halogens is 1. The molecule has 0 unspecified atom stereocenters. The lowest BCUT2D eigenvalue weighted by atomic mass is 10.1. The van der Waals surface area contributed by atoms with E-state index in [1.807, 2.05) is 24.3 Å². The van der Waals surface area contributed by atoms with E-state index in [1.54, 1.807) is 0 Å². The molecular weight excluding hydrogens is 231 g/mol. The maximum Gasteiger partial charge on any atom is 0.133 e. The van der Waals surface area contributed by atoms with Gasteiger partial charge in [-0.05, 0) is 42.3 Å². The minimum atomic E-state index is -0.381. The third-order valence-corrected chi connectivity index (χ3v) is 2.73. The summed E-state index contributed by atoms with van der Waals surface area (Å²) in [6.45, 7) is 1.82. The standard InChI is InChI=1S/C15H15FO2/c1-2-11-4-3-5-14(8-11)18-15-7-6-13(16)9-12(15)10-17/h3-9,17H,2,10H2,1H3. The number of rotatable bonds is 4. The maximum absolute atomic E-state index is 13.0. The summed E-state index contributed by atoms with van der Waals surface area (Å²) in [5.74, 6) is 0.788. The normalized spacial score (nSPS) is 10.4. The molecule has 0 aromatic heterocycles. The van der Waals surface area contributed by atoms with Crippen LogP contribution in [0, 0.1) is 5.82 Å². The van der Waals surface area contributed by atoms with E-state index in [0.717, 1.165) is 6.42 Å². The Bertz CT molecular complexity index is 538. The number of aliphatic hydroxyl groups excluding tert-OH is 1. The Morgan fingerprint density at radius 3 is 2.72 bits per heavy atom. The van der Waals surface area contributed by atoms with Crippen molar-refractivity contribution in [2.24, 2.45) is 0 Å². The van der Waals surface area contributed by atoms with E-state index in [0.29, 0.717) is 17.1 Å². The number of hydrogen-bond acceptors (Lipinski definition) is 2. The van der Waals surface area contributed by atoms with Crippen LogP contribution in [-0.4, -0.2) is 5.11 Å². The summed E-state index contributed by atoms with van der Waals surface area (Å²) in [6.07, 6.45) is 0.924. The quantitative estimate of drug-likeness (QED) is 0.891. The average Bonchev–Trinajstić information content (AvgIpc) is 2.41. The van der Waals surface area contributed by atoms with E-state index in [2.05, 4.69) is 6.92 Å². The Morgan fingerprint density at radius 1 is 1.17 bits per heavy atom. The summed E-state index contributed by atoms with van der Waals surface area (Å²) in [4.78, 5) is 0. The van der Waals surface area contributed by atoms with Gasteiger partial charge < -0.3 is 9.84 Å². The Hall–Kier alpha value is -1.87. The average molecular weight is 246 g/mol. The Morgan fingerprint density at radius 2 is 2.00 bits per heavy atom. The second kappa shape index (κ2) is 5.65. The molecule has 0 spiro atoms. The van der Waals surface area contributed by atoms with Gasteiger partial charge in [0, 0.05) is 5.56 Å². The van der Waals surface area contributed by atoms with Gasteiger partial charge in [0.25, 0.3) is 0 Å². The number of aryl methyl sites for hydroxylation is 1. The van der Waals surface area contributed by atoms with Crippen molar-refractivity contribution < 1.29 is 14.2 Å². The van der Waals surface area contributed by atoms with Crippen LogP contribution in [0.1, 0.15) is 18.1 Å². The highest BCUT2D eigenvalue weighted by Crippen LogP contribution is 2.26. The van der Waals surface area contributed by atoms with Crippen molar-refractivity contribution >= 4 is 0 Å². The van der Waals surface area contributed by atoms with Gasteiger partial charge in [0.1, 0.15) is 17.3 Å². The van der Waals surface area contributed by atoms with Crippen LogP contribution in [0.2, 0.25) is 0 Å². The van der Waals surface area contributed by atoms with Crippen molar-refractivity contribution in [3.63, 3.8) is 0 Å². The van der Waals surface area contributed by atoms with E-state index in [9.17, 15) is 9.50 Å². The van der Waals surface area contributed by atoms with E-state index in [4.69, 9.17) is 4.74 Å². The lowest BCUT2D eigenvalue weighted by molar-refractivity contribution is 0.276. The summed E-state index contributed by atoms with van der Waals surface area (Å²) in [7, 11) is 0. The number of benzene rings is 2. The first-order valence-electron chi connectivity index (χ1n) is 5.89. The zero-order chi connectivity index (χ0) is 13.0. The molecular formula is C15H15FO2. The van der Waals surface area contributed by atoms with Crippen molar-refractivity contribution in [1.29, 1.82) is 0 Å². The molecule has 0 atom stereocenters. The molecule has 0 amide bonds. The summed E-state index contributed by atoms with van der Waals surface area (Å²) in [5.41, 5.74) is 1.61. The highest BCUT2D eigenvalue weighted by molar-refractivity contribution is 5.39.